The molecule has 10 heteroatoms. The predicted octanol–water partition coefficient (Wildman–Crippen LogP) is 0.156. The summed E-state index contributed by atoms with van der Waals surface area (Å²) in [5.74, 6) is -2.76. The van der Waals surface area contributed by atoms with Crippen molar-refractivity contribution in [1.82, 2.24) is 0 Å². The molecule has 0 heterocycles. The number of hydrogen-bond donors (Lipinski definition) is 1. The van der Waals surface area contributed by atoms with Crippen LogP contribution in [-0.4, -0.2) is 17.3 Å². The Balaban J connectivity index is -0.0000000180. The van der Waals surface area contributed by atoms with E-state index in [1.54, 1.807) is 0 Å². The van der Waals surface area contributed by atoms with E-state index in [4.69, 9.17) is 9.90 Å². The van der Waals surface area contributed by atoms with Crippen molar-refractivity contribution in [2.45, 2.75) is 6.18 Å². The van der Waals surface area contributed by atoms with E-state index in [9.17, 15) is 13.2 Å². The summed E-state index contributed by atoms with van der Waals surface area (Å²) in [6.45, 7) is 0. The zero-order chi connectivity index (χ0) is 6.08. The summed E-state index contributed by atoms with van der Waals surface area (Å²) in [4.78, 5) is 8.90. The van der Waals surface area contributed by atoms with Crippen LogP contribution >= 0.6 is 0 Å². The predicted molar refractivity (Wildman–Crippen MR) is 16.4 cm³/mol. The Morgan fingerprint density at radius 2 is 1.08 bits per heavy atom. The zero-order valence-electron chi connectivity index (χ0n) is 4.98. The third kappa shape index (κ3) is 22.6. The smallest absolute Gasteiger partial charge is 2.00 e. The van der Waals surface area contributed by atoms with Crippen LogP contribution in [0.25, 0.3) is 0 Å². The molecule has 0 saturated heterocycles. The summed E-state index contributed by atoms with van der Waals surface area (Å²) in [6.07, 6.45) is -5.08. The molecule has 0 aliphatic rings. The molecule has 0 bridgehead atoms. The van der Waals surface area contributed by atoms with E-state index >= 15 is 0 Å². The van der Waals surface area contributed by atoms with E-state index in [-0.39, 0.29) is 41.7 Å². The van der Waals surface area contributed by atoms with Crippen molar-refractivity contribution in [3.05, 3.63) is 0 Å². The molecule has 1 N–H and O–H groups in total. The van der Waals surface area contributed by atoms with Gasteiger partial charge in [0.15, 0.2) is 0 Å². The molecule has 0 aliphatic carbocycles. The van der Waals surface area contributed by atoms with Gasteiger partial charge in [-0.1, -0.05) is 0 Å². The van der Waals surface area contributed by atoms with Gasteiger partial charge in [0, 0.05) is 0 Å². The van der Waals surface area contributed by atoms with Gasteiger partial charge in [0.1, 0.15) is 0 Å². The molecule has 0 atom stereocenters. The Morgan fingerprint density at radius 1 is 1.00 bits per heavy atom. The van der Waals surface area contributed by atoms with Crippen LogP contribution in [0.3, 0.4) is 0 Å². The van der Waals surface area contributed by atoms with Gasteiger partial charge in [0.25, 0.3) is 0 Å². The van der Waals surface area contributed by atoms with Crippen LogP contribution in [-0.2, 0) is 46.5 Å². The topological polar surface area (TPSA) is 151 Å². The fourth-order valence-corrected chi connectivity index (χ4v) is 0. The molecule has 0 unspecified atom stereocenters. The molecule has 6 nitrogen and oxygen atoms in total. The molecule has 74 valence electrons. The van der Waals surface area contributed by atoms with Gasteiger partial charge >= 0.3 is 31.9 Å². The van der Waals surface area contributed by atoms with Gasteiger partial charge < -0.3 is 27.0 Å². The molecular formula is C2HF3O6Os. The second-order valence-corrected chi connectivity index (χ2v) is 0.803. The van der Waals surface area contributed by atoms with Gasteiger partial charge in [-0.2, -0.15) is 13.2 Å². The first-order valence-electron chi connectivity index (χ1n) is 1.24. The van der Waals surface area contributed by atoms with Crippen LogP contribution in [0.1, 0.15) is 0 Å². The summed E-state index contributed by atoms with van der Waals surface area (Å²) in [6, 6.07) is 0. The Morgan fingerprint density at radius 3 is 1.08 bits per heavy atom. The van der Waals surface area contributed by atoms with Gasteiger partial charge in [-0.3, -0.25) is 0 Å². The first-order chi connectivity index (χ1) is 2.94. The number of hydrogen-bond acceptors (Lipinski definition) is 1. The second kappa shape index (κ2) is 13.3. The van der Waals surface area contributed by atoms with Crippen molar-refractivity contribution in [2.75, 3.05) is 0 Å². The molecule has 0 aromatic rings. The van der Waals surface area contributed by atoms with E-state index in [1.165, 1.54) is 0 Å². The Labute approximate surface area is 77.7 Å². The monoisotopic (exact) mass is 370 g/mol. The van der Waals surface area contributed by atoms with Crippen LogP contribution in [0.2, 0.25) is 0 Å². The minimum atomic E-state index is -5.08. The summed E-state index contributed by atoms with van der Waals surface area (Å²) in [5.41, 5.74) is 0. The summed E-state index contributed by atoms with van der Waals surface area (Å²) >= 11 is 0. The zero-order valence-corrected chi connectivity index (χ0v) is 7.52. The van der Waals surface area contributed by atoms with Crippen molar-refractivity contribution in [2.24, 2.45) is 0 Å². The third-order valence-corrected chi connectivity index (χ3v) is 0.243. The number of aliphatic carboxylic acids is 1. The van der Waals surface area contributed by atoms with Crippen molar-refractivity contribution in [3.63, 3.8) is 0 Å². The van der Waals surface area contributed by atoms with Crippen LogP contribution in [0.15, 0.2) is 0 Å². The first-order valence-corrected chi connectivity index (χ1v) is 1.24. The quantitative estimate of drug-likeness (QED) is 0.647. The maximum absolute atomic E-state index is 10.6. The molecule has 0 saturated carbocycles. The van der Waals surface area contributed by atoms with Crippen LogP contribution < -0.4 is 0 Å². The third-order valence-electron chi connectivity index (χ3n) is 0.243. The SMILES string of the molecule is O=C(O)C(F)(F)F.[O-2].[O-2].[O-2].[O-2].[Os+8]. The van der Waals surface area contributed by atoms with Crippen molar-refractivity contribution < 1.29 is 64.8 Å². The molecular weight excluding hydrogens is 367 g/mol. The van der Waals surface area contributed by atoms with Gasteiger partial charge in [0.2, 0.25) is 0 Å². The number of carbonyl (C=O) groups is 1. The minimum Gasteiger partial charge on any atom is -2.00 e. The number of halogens is 3. The van der Waals surface area contributed by atoms with Crippen molar-refractivity contribution >= 4 is 5.97 Å². The Kier molecular flexibility index (Phi) is 45.7. The fraction of sp³-hybridized carbons (Fsp3) is 0.500. The molecule has 0 aliphatic heterocycles. The molecule has 0 fully saturated rings. The number of carboxylic acids is 1. The Hall–Kier alpha value is -0.264. The molecule has 0 rings (SSSR count). The molecule has 0 aromatic heterocycles. The molecule has 0 spiro atoms. The maximum Gasteiger partial charge on any atom is 8.00 e. The summed E-state index contributed by atoms with van der Waals surface area (Å²) < 4.78 is 31.7. The van der Waals surface area contributed by atoms with Crippen LogP contribution in [0.4, 0.5) is 13.2 Å². The number of alkyl halides is 3. The van der Waals surface area contributed by atoms with E-state index in [0.717, 1.165) is 0 Å². The van der Waals surface area contributed by atoms with Crippen molar-refractivity contribution in [3.8, 4) is 0 Å². The molecule has 0 amide bonds. The van der Waals surface area contributed by atoms with Gasteiger partial charge in [0.05, 0.1) is 0 Å². The summed E-state index contributed by atoms with van der Waals surface area (Å²) in [7, 11) is 0. The second-order valence-electron chi connectivity index (χ2n) is 0.803. The van der Waals surface area contributed by atoms with E-state index < -0.39 is 12.1 Å². The fourth-order valence-electron chi connectivity index (χ4n) is 0. The minimum absolute atomic E-state index is 0. The maximum atomic E-state index is 10.6. The van der Waals surface area contributed by atoms with Crippen LogP contribution in [0.5, 0.6) is 0 Å². The molecule has 0 radical (unpaired) electrons. The van der Waals surface area contributed by atoms with Gasteiger partial charge in [-0.05, 0) is 0 Å². The van der Waals surface area contributed by atoms with E-state index in [0.29, 0.717) is 0 Å². The number of carboxylic acid groups (broad SMARTS) is 1. The van der Waals surface area contributed by atoms with Crippen molar-refractivity contribution in [1.29, 1.82) is 0 Å². The number of rotatable bonds is 0. The first kappa shape index (κ1) is 41.1. The largest absolute Gasteiger partial charge is 8.00 e. The molecule has 0 aromatic carbocycles. The Bertz CT molecular complexity index is 93.3. The van der Waals surface area contributed by atoms with E-state index in [2.05, 4.69) is 0 Å². The van der Waals surface area contributed by atoms with Gasteiger partial charge in [-0.25, -0.2) is 4.79 Å². The van der Waals surface area contributed by atoms with E-state index in [1.807, 2.05) is 0 Å². The average Bonchev–Trinajstić information content (AvgIpc) is 1.31. The summed E-state index contributed by atoms with van der Waals surface area (Å²) in [5, 5.41) is 7.12. The van der Waals surface area contributed by atoms with Crippen LogP contribution in [0, 0.1) is 0 Å². The average molecular weight is 368 g/mol. The molecule has 12 heavy (non-hydrogen) atoms. The standard InChI is InChI=1S/C2HF3O2.4O.Os/c3-2(4,5)1(6)7;;;;;/h(H,6,7);;;;;/q;4*-2;+8. The normalized spacial score (nSPS) is 6.58. The van der Waals surface area contributed by atoms with Gasteiger partial charge in [-0.15, -0.1) is 0 Å².